The minimum atomic E-state index is 0.822. The average Bonchev–Trinajstić information content (AvgIpc) is 2.39. The zero-order chi connectivity index (χ0) is 11.9. The highest BCUT2D eigenvalue weighted by Gasteiger charge is 1.99. The molecule has 2 nitrogen and oxygen atoms in total. The Morgan fingerprint density at radius 3 is 2.76 bits per heavy atom. The lowest BCUT2D eigenvalue weighted by Gasteiger charge is -2.08. The lowest BCUT2D eigenvalue weighted by Crippen LogP contribution is -2.16. The molecule has 0 unspecified atom stereocenters. The number of methoxy groups -OCH3 is 1. The van der Waals surface area contributed by atoms with Crippen LogP contribution in [0.15, 0.2) is 42.5 Å². The molecule has 0 heterocycles. The minimum Gasteiger partial charge on any atom is -0.385 e. The number of hydrogen-bond donors (Lipinski definition) is 1. The van der Waals surface area contributed by atoms with E-state index in [2.05, 4.69) is 47.8 Å². The predicted octanol–water partition coefficient (Wildman–Crippen LogP) is 2.97. The van der Waals surface area contributed by atoms with Gasteiger partial charge in [0.15, 0.2) is 0 Å². The Bertz CT molecular complexity index is 462. The van der Waals surface area contributed by atoms with Crippen LogP contribution in [0.5, 0.6) is 0 Å². The van der Waals surface area contributed by atoms with Gasteiger partial charge >= 0.3 is 0 Å². The van der Waals surface area contributed by atoms with Gasteiger partial charge in [-0.3, -0.25) is 0 Å². The monoisotopic (exact) mass is 229 g/mol. The van der Waals surface area contributed by atoms with Crippen molar-refractivity contribution in [3.8, 4) is 0 Å². The van der Waals surface area contributed by atoms with Gasteiger partial charge < -0.3 is 10.1 Å². The molecule has 1 N–H and O–H groups in total. The van der Waals surface area contributed by atoms with Crippen molar-refractivity contribution in [1.82, 2.24) is 5.32 Å². The molecule has 2 aromatic carbocycles. The van der Waals surface area contributed by atoms with Crippen LogP contribution in [-0.2, 0) is 11.3 Å². The molecule has 17 heavy (non-hydrogen) atoms. The first-order valence-electron chi connectivity index (χ1n) is 6.08. The van der Waals surface area contributed by atoms with Crippen LogP contribution in [0, 0.1) is 0 Å². The molecule has 0 radical (unpaired) electrons. The largest absolute Gasteiger partial charge is 0.385 e. The summed E-state index contributed by atoms with van der Waals surface area (Å²) in [5, 5.41) is 6.10. The van der Waals surface area contributed by atoms with Gasteiger partial charge in [0.1, 0.15) is 0 Å². The molecule has 90 valence electrons. The molecule has 0 spiro atoms. The molecule has 2 heteroatoms. The van der Waals surface area contributed by atoms with Crippen molar-refractivity contribution in [3.05, 3.63) is 48.0 Å². The fourth-order valence-electron chi connectivity index (χ4n) is 2.01. The van der Waals surface area contributed by atoms with E-state index in [1.807, 2.05) is 0 Å². The molecule has 0 bridgehead atoms. The van der Waals surface area contributed by atoms with Crippen LogP contribution in [-0.4, -0.2) is 20.3 Å². The predicted molar refractivity (Wildman–Crippen MR) is 72.1 cm³/mol. The van der Waals surface area contributed by atoms with Crippen LogP contribution < -0.4 is 5.32 Å². The van der Waals surface area contributed by atoms with E-state index >= 15 is 0 Å². The third kappa shape index (κ3) is 3.29. The summed E-state index contributed by atoms with van der Waals surface area (Å²) >= 11 is 0. The first kappa shape index (κ1) is 12.1. The fourth-order valence-corrected chi connectivity index (χ4v) is 2.01. The Morgan fingerprint density at radius 2 is 1.88 bits per heavy atom. The minimum absolute atomic E-state index is 0.822. The standard InChI is InChI=1S/C15H19NO/c1-17-11-5-10-16-12-14-8-4-7-13-6-2-3-9-15(13)14/h2-4,6-9,16H,5,10-12H2,1H3. The van der Waals surface area contributed by atoms with E-state index in [0.717, 1.165) is 26.1 Å². The molecular formula is C15H19NO. The molecule has 0 aliphatic heterocycles. The summed E-state index contributed by atoms with van der Waals surface area (Å²) in [7, 11) is 1.74. The first-order valence-corrected chi connectivity index (χ1v) is 6.08. The highest BCUT2D eigenvalue weighted by Crippen LogP contribution is 2.17. The van der Waals surface area contributed by atoms with Crippen molar-refractivity contribution in [3.63, 3.8) is 0 Å². The van der Waals surface area contributed by atoms with Gasteiger partial charge in [-0.05, 0) is 29.3 Å². The number of ether oxygens (including phenoxy) is 1. The van der Waals surface area contributed by atoms with Crippen molar-refractivity contribution >= 4 is 10.8 Å². The molecule has 0 saturated carbocycles. The Morgan fingerprint density at radius 1 is 1.06 bits per heavy atom. The quantitative estimate of drug-likeness (QED) is 0.769. The lowest BCUT2D eigenvalue weighted by molar-refractivity contribution is 0.194. The second-order valence-electron chi connectivity index (χ2n) is 4.16. The van der Waals surface area contributed by atoms with Crippen LogP contribution in [0.1, 0.15) is 12.0 Å². The van der Waals surface area contributed by atoms with Crippen LogP contribution in [0.3, 0.4) is 0 Å². The Labute approximate surface area is 103 Å². The smallest absolute Gasteiger partial charge is 0.0474 e. The van der Waals surface area contributed by atoms with Crippen molar-refractivity contribution in [2.75, 3.05) is 20.3 Å². The van der Waals surface area contributed by atoms with Crippen molar-refractivity contribution in [1.29, 1.82) is 0 Å². The number of rotatable bonds is 6. The number of hydrogen-bond acceptors (Lipinski definition) is 2. The molecule has 0 aromatic heterocycles. The van der Waals surface area contributed by atoms with Gasteiger partial charge in [-0.15, -0.1) is 0 Å². The van der Waals surface area contributed by atoms with E-state index < -0.39 is 0 Å². The van der Waals surface area contributed by atoms with Gasteiger partial charge in [-0.25, -0.2) is 0 Å². The van der Waals surface area contributed by atoms with E-state index in [-0.39, 0.29) is 0 Å². The van der Waals surface area contributed by atoms with E-state index in [4.69, 9.17) is 4.74 Å². The van der Waals surface area contributed by atoms with Crippen LogP contribution in [0.2, 0.25) is 0 Å². The van der Waals surface area contributed by atoms with Crippen LogP contribution in [0.4, 0.5) is 0 Å². The molecule has 0 atom stereocenters. The lowest BCUT2D eigenvalue weighted by atomic mass is 10.0. The normalized spacial score (nSPS) is 10.9. The maximum atomic E-state index is 5.02. The molecule has 0 aliphatic rings. The summed E-state index contributed by atoms with van der Waals surface area (Å²) in [6.07, 6.45) is 1.06. The van der Waals surface area contributed by atoms with Crippen LogP contribution >= 0.6 is 0 Å². The van der Waals surface area contributed by atoms with Gasteiger partial charge in [-0.2, -0.15) is 0 Å². The van der Waals surface area contributed by atoms with Gasteiger partial charge in [0.2, 0.25) is 0 Å². The van der Waals surface area contributed by atoms with Crippen molar-refractivity contribution in [2.45, 2.75) is 13.0 Å². The Balaban J connectivity index is 1.98. The Hall–Kier alpha value is -1.38. The average molecular weight is 229 g/mol. The van der Waals surface area contributed by atoms with Crippen molar-refractivity contribution in [2.24, 2.45) is 0 Å². The van der Waals surface area contributed by atoms with Crippen molar-refractivity contribution < 1.29 is 4.74 Å². The highest BCUT2D eigenvalue weighted by molar-refractivity contribution is 5.85. The SMILES string of the molecule is COCCCNCc1cccc2ccccc12. The van der Waals surface area contributed by atoms with Gasteiger partial charge in [0.25, 0.3) is 0 Å². The third-order valence-corrected chi connectivity index (χ3v) is 2.90. The molecule has 2 rings (SSSR count). The fraction of sp³-hybridized carbons (Fsp3) is 0.333. The summed E-state index contributed by atoms with van der Waals surface area (Å²) < 4.78 is 5.02. The number of benzene rings is 2. The van der Waals surface area contributed by atoms with E-state index in [1.54, 1.807) is 7.11 Å². The number of nitrogens with one attached hydrogen (secondary N) is 1. The molecule has 2 aromatic rings. The maximum Gasteiger partial charge on any atom is 0.0474 e. The second kappa shape index (κ2) is 6.38. The maximum absolute atomic E-state index is 5.02. The molecule has 0 amide bonds. The molecule has 0 fully saturated rings. The van der Waals surface area contributed by atoms with Gasteiger partial charge in [0, 0.05) is 20.3 Å². The summed E-state index contributed by atoms with van der Waals surface area (Å²) in [6.45, 7) is 2.74. The molecule has 0 saturated heterocycles. The summed E-state index contributed by atoms with van der Waals surface area (Å²) in [5.41, 5.74) is 1.36. The summed E-state index contributed by atoms with van der Waals surface area (Å²) in [5.74, 6) is 0. The first-order chi connectivity index (χ1) is 8.42. The van der Waals surface area contributed by atoms with E-state index in [0.29, 0.717) is 0 Å². The molecule has 0 aliphatic carbocycles. The van der Waals surface area contributed by atoms with Gasteiger partial charge in [-0.1, -0.05) is 42.5 Å². The third-order valence-electron chi connectivity index (χ3n) is 2.90. The zero-order valence-corrected chi connectivity index (χ0v) is 10.3. The van der Waals surface area contributed by atoms with E-state index in [1.165, 1.54) is 16.3 Å². The topological polar surface area (TPSA) is 21.3 Å². The molecular weight excluding hydrogens is 210 g/mol. The summed E-state index contributed by atoms with van der Waals surface area (Å²) in [4.78, 5) is 0. The Kier molecular flexibility index (Phi) is 4.54. The zero-order valence-electron chi connectivity index (χ0n) is 10.3. The van der Waals surface area contributed by atoms with Crippen LogP contribution in [0.25, 0.3) is 10.8 Å². The van der Waals surface area contributed by atoms with E-state index in [9.17, 15) is 0 Å². The highest BCUT2D eigenvalue weighted by atomic mass is 16.5. The number of fused-ring (bicyclic) bond motifs is 1. The second-order valence-corrected chi connectivity index (χ2v) is 4.16. The summed E-state index contributed by atoms with van der Waals surface area (Å²) in [6, 6.07) is 15.0. The van der Waals surface area contributed by atoms with Gasteiger partial charge in [0.05, 0.1) is 0 Å².